The van der Waals surface area contributed by atoms with Crippen LogP contribution >= 0.6 is 0 Å². The molecule has 1 aliphatic rings. The summed E-state index contributed by atoms with van der Waals surface area (Å²) >= 11 is 0. The molecule has 100 valence electrons. The number of carbonyl (C=O) groups excluding carboxylic acids is 1. The van der Waals surface area contributed by atoms with E-state index in [1.807, 2.05) is 6.92 Å². The molecule has 0 spiro atoms. The second-order valence-electron chi connectivity index (χ2n) is 4.92. The van der Waals surface area contributed by atoms with Crippen molar-refractivity contribution < 1.29 is 9.53 Å². The quantitative estimate of drug-likeness (QED) is 0.794. The first kappa shape index (κ1) is 12.2. The molecule has 4 heteroatoms. The molecule has 0 fully saturated rings. The van der Waals surface area contributed by atoms with Gasteiger partial charge in [-0.05, 0) is 31.7 Å². The molecule has 0 N–H and O–H groups in total. The van der Waals surface area contributed by atoms with Gasteiger partial charge in [0.2, 0.25) is 0 Å². The van der Waals surface area contributed by atoms with Crippen molar-refractivity contribution in [2.75, 3.05) is 6.61 Å². The van der Waals surface area contributed by atoms with Gasteiger partial charge < -0.3 is 4.74 Å². The maximum absolute atomic E-state index is 11.7. The number of aromatic nitrogens is 2. The molecule has 0 saturated heterocycles. The molecule has 0 saturated carbocycles. The van der Waals surface area contributed by atoms with Crippen LogP contribution in [0.1, 0.15) is 31.0 Å². The van der Waals surface area contributed by atoms with E-state index in [9.17, 15) is 4.79 Å². The third-order valence-electron chi connectivity index (χ3n) is 3.61. The van der Waals surface area contributed by atoms with E-state index in [-0.39, 0.29) is 12.4 Å². The number of ether oxygens (including phenoxy) is 1. The van der Waals surface area contributed by atoms with E-state index in [1.54, 1.807) is 0 Å². The lowest BCUT2D eigenvalue weighted by atomic mass is 10.0. The second kappa shape index (κ2) is 5.03. The fourth-order valence-corrected chi connectivity index (χ4v) is 2.80. The maximum atomic E-state index is 11.7. The fourth-order valence-electron chi connectivity index (χ4n) is 2.80. The highest BCUT2D eigenvalue weighted by Gasteiger charge is 2.18. The lowest BCUT2D eigenvalue weighted by Gasteiger charge is -2.01. The van der Waals surface area contributed by atoms with Gasteiger partial charge in [0.1, 0.15) is 0 Å². The van der Waals surface area contributed by atoms with Crippen LogP contribution in [0.15, 0.2) is 18.2 Å². The highest BCUT2D eigenvalue weighted by atomic mass is 16.5. The minimum atomic E-state index is -0.198. The molecule has 2 heterocycles. The Morgan fingerprint density at radius 1 is 1.42 bits per heavy atom. The van der Waals surface area contributed by atoms with Crippen LogP contribution in [-0.4, -0.2) is 22.4 Å². The molecule has 0 atom stereocenters. The van der Waals surface area contributed by atoms with Crippen LogP contribution in [-0.2, 0) is 28.9 Å². The van der Waals surface area contributed by atoms with Crippen LogP contribution in [0, 0.1) is 0 Å². The first-order valence-electron chi connectivity index (χ1n) is 6.92. The minimum absolute atomic E-state index is 0.198. The smallest absolute Gasteiger partial charge is 0.311 e. The van der Waals surface area contributed by atoms with E-state index >= 15 is 0 Å². The Hall–Kier alpha value is -1.84. The SMILES string of the molecule is CCOC(=O)Cc1nn2c3c(cccc13)CCCC2. The van der Waals surface area contributed by atoms with Gasteiger partial charge in [0.25, 0.3) is 0 Å². The lowest BCUT2D eigenvalue weighted by Crippen LogP contribution is -2.09. The van der Waals surface area contributed by atoms with Crippen molar-refractivity contribution in [3.63, 3.8) is 0 Å². The number of aryl methyl sites for hydroxylation is 2. The largest absolute Gasteiger partial charge is 0.466 e. The van der Waals surface area contributed by atoms with E-state index in [0.717, 1.165) is 30.5 Å². The molecule has 3 rings (SSSR count). The van der Waals surface area contributed by atoms with Crippen molar-refractivity contribution in [2.24, 2.45) is 0 Å². The Labute approximate surface area is 112 Å². The van der Waals surface area contributed by atoms with Crippen LogP contribution in [0.3, 0.4) is 0 Å². The fraction of sp³-hybridized carbons (Fsp3) is 0.467. The number of hydrogen-bond acceptors (Lipinski definition) is 3. The zero-order chi connectivity index (χ0) is 13.2. The van der Waals surface area contributed by atoms with Crippen LogP contribution < -0.4 is 0 Å². The van der Waals surface area contributed by atoms with Crippen LogP contribution in [0.5, 0.6) is 0 Å². The van der Waals surface area contributed by atoms with E-state index in [2.05, 4.69) is 28.0 Å². The van der Waals surface area contributed by atoms with Crippen molar-refractivity contribution in [2.45, 2.75) is 39.2 Å². The lowest BCUT2D eigenvalue weighted by molar-refractivity contribution is -0.142. The Kier molecular flexibility index (Phi) is 3.23. The summed E-state index contributed by atoms with van der Waals surface area (Å²) in [6.45, 7) is 3.18. The van der Waals surface area contributed by atoms with E-state index < -0.39 is 0 Å². The van der Waals surface area contributed by atoms with Gasteiger partial charge >= 0.3 is 5.97 Å². The highest BCUT2D eigenvalue weighted by molar-refractivity contribution is 5.88. The Morgan fingerprint density at radius 3 is 3.16 bits per heavy atom. The first-order valence-corrected chi connectivity index (χ1v) is 6.92. The summed E-state index contributed by atoms with van der Waals surface area (Å²) in [5.74, 6) is -0.198. The van der Waals surface area contributed by atoms with Crippen molar-refractivity contribution in [1.82, 2.24) is 9.78 Å². The molecule has 0 aliphatic carbocycles. The molecule has 0 radical (unpaired) electrons. The maximum Gasteiger partial charge on any atom is 0.311 e. The molecule has 2 aromatic rings. The van der Waals surface area contributed by atoms with Crippen molar-refractivity contribution in [3.05, 3.63) is 29.5 Å². The molecule has 0 amide bonds. The first-order chi connectivity index (χ1) is 9.29. The van der Waals surface area contributed by atoms with E-state index in [4.69, 9.17) is 4.74 Å². The molecular formula is C15H18N2O2. The van der Waals surface area contributed by atoms with Crippen molar-refractivity contribution >= 4 is 16.9 Å². The normalized spacial score (nSPS) is 14.4. The number of nitrogens with zero attached hydrogens (tertiary/aromatic N) is 2. The monoisotopic (exact) mass is 258 g/mol. The predicted molar refractivity (Wildman–Crippen MR) is 73.0 cm³/mol. The van der Waals surface area contributed by atoms with E-state index in [0.29, 0.717) is 6.61 Å². The van der Waals surface area contributed by atoms with Gasteiger partial charge in [-0.25, -0.2) is 0 Å². The summed E-state index contributed by atoms with van der Waals surface area (Å²) in [4.78, 5) is 11.7. The average Bonchev–Trinajstić information content (AvgIpc) is 2.61. The Balaban J connectivity index is 2.04. The zero-order valence-corrected chi connectivity index (χ0v) is 11.2. The van der Waals surface area contributed by atoms with Gasteiger partial charge in [-0.3, -0.25) is 9.48 Å². The number of carbonyl (C=O) groups is 1. The highest BCUT2D eigenvalue weighted by Crippen LogP contribution is 2.27. The molecule has 1 aromatic heterocycles. The van der Waals surface area contributed by atoms with Crippen molar-refractivity contribution in [1.29, 1.82) is 0 Å². The number of benzene rings is 1. The second-order valence-corrected chi connectivity index (χ2v) is 4.92. The number of hydrogen-bond donors (Lipinski definition) is 0. The third kappa shape index (κ3) is 2.23. The summed E-state index contributed by atoms with van der Waals surface area (Å²) in [5, 5.41) is 5.72. The van der Waals surface area contributed by atoms with E-state index in [1.165, 1.54) is 17.5 Å². The predicted octanol–water partition coefficient (Wildman–Crippen LogP) is 2.48. The Morgan fingerprint density at radius 2 is 2.32 bits per heavy atom. The topological polar surface area (TPSA) is 44.1 Å². The standard InChI is InChI=1S/C15H18N2O2/c1-2-19-14(18)10-13-12-8-5-7-11-6-3-4-9-17(16-13)15(11)12/h5,7-8H,2-4,6,9-10H2,1H3. The molecule has 1 aliphatic heterocycles. The number of esters is 1. The van der Waals surface area contributed by atoms with Gasteiger partial charge in [-0.2, -0.15) is 5.10 Å². The summed E-state index contributed by atoms with van der Waals surface area (Å²) < 4.78 is 7.08. The third-order valence-corrected chi connectivity index (χ3v) is 3.61. The van der Waals surface area contributed by atoms with Gasteiger partial charge in [0.05, 0.1) is 24.2 Å². The molecule has 19 heavy (non-hydrogen) atoms. The van der Waals surface area contributed by atoms with Crippen LogP contribution in [0.25, 0.3) is 10.9 Å². The Bertz CT molecular complexity index is 616. The van der Waals surface area contributed by atoms with Gasteiger partial charge in [0, 0.05) is 11.9 Å². The molecular weight excluding hydrogens is 240 g/mol. The molecule has 0 unspecified atom stereocenters. The van der Waals surface area contributed by atoms with Crippen LogP contribution in [0.4, 0.5) is 0 Å². The van der Waals surface area contributed by atoms with Crippen molar-refractivity contribution in [3.8, 4) is 0 Å². The van der Waals surface area contributed by atoms with Crippen LogP contribution in [0.2, 0.25) is 0 Å². The molecule has 1 aromatic carbocycles. The van der Waals surface area contributed by atoms with Gasteiger partial charge in [-0.1, -0.05) is 18.2 Å². The summed E-state index contributed by atoms with van der Waals surface area (Å²) in [7, 11) is 0. The minimum Gasteiger partial charge on any atom is -0.466 e. The summed E-state index contributed by atoms with van der Waals surface area (Å²) in [6.07, 6.45) is 3.71. The van der Waals surface area contributed by atoms with Gasteiger partial charge in [0.15, 0.2) is 0 Å². The zero-order valence-electron chi connectivity index (χ0n) is 11.2. The molecule has 4 nitrogen and oxygen atoms in total. The summed E-state index contributed by atoms with van der Waals surface area (Å²) in [6, 6.07) is 6.28. The summed E-state index contributed by atoms with van der Waals surface area (Å²) in [5.41, 5.74) is 3.40. The molecule has 0 bridgehead atoms. The number of rotatable bonds is 3. The average molecular weight is 258 g/mol. The number of para-hydroxylation sites is 1. The van der Waals surface area contributed by atoms with Gasteiger partial charge in [-0.15, -0.1) is 0 Å².